The van der Waals surface area contributed by atoms with Gasteiger partial charge in [0.2, 0.25) is 0 Å². The lowest BCUT2D eigenvalue weighted by Gasteiger charge is -2.06. The molecule has 1 rings (SSSR count). The highest BCUT2D eigenvalue weighted by atomic mass is 35.5. The van der Waals surface area contributed by atoms with Crippen LogP contribution in [0.25, 0.3) is 0 Å². The Morgan fingerprint density at radius 1 is 1.29 bits per heavy atom. The maximum atomic E-state index is 13.0. The van der Waals surface area contributed by atoms with Crippen molar-refractivity contribution in [2.45, 2.75) is 6.61 Å². The van der Waals surface area contributed by atoms with Gasteiger partial charge in [0.05, 0.1) is 12.5 Å². The molecular weight excluding hydrogens is 214 g/mol. The van der Waals surface area contributed by atoms with Crippen molar-refractivity contribution >= 4 is 11.6 Å². The molecule has 0 aliphatic heterocycles. The maximum Gasteiger partial charge on any atom is 0.135 e. The van der Waals surface area contributed by atoms with Gasteiger partial charge in [-0.1, -0.05) is 0 Å². The van der Waals surface area contributed by atoms with Gasteiger partial charge in [-0.25, -0.2) is 8.78 Å². The Balaban J connectivity index is 2.90. The summed E-state index contributed by atoms with van der Waals surface area (Å²) in [4.78, 5) is 0. The number of aliphatic hydroxyl groups is 1. The molecule has 0 radical (unpaired) electrons. The minimum Gasteiger partial charge on any atom is -0.492 e. The number of ether oxygens (including phenoxy) is 1. The van der Waals surface area contributed by atoms with Crippen molar-refractivity contribution in [3.8, 4) is 5.75 Å². The van der Waals surface area contributed by atoms with E-state index in [1.807, 2.05) is 0 Å². The van der Waals surface area contributed by atoms with Crippen LogP contribution in [0.3, 0.4) is 0 Å². The van der Waals surface area contributed by atoms with Gasteiger partial charge in [-0.05, 0) is 0 Å². The Hall–Kier alpha value is -0.870. The summed E-state index contributed by atoms with van der Waals surface area (Å²) < 4.78 is 31.0. The molecule has 0 saturated heterocycles. The van der Waals surface area contributed by atoms with E-state index in [4.69, 9.17) is 21.4 Å². The van der Waals surface area contributed by atoms with Crippen LogP contribution in [-0.2, 0) is 6.61 Å². The van der Waals surface area contributed by atoms with Crippen molar-refractivity contribution < 1.29 is 18.6 Å². The van der Waals surface area contributed by atoms with Gasteiger partial charge < -0.3 is 9.84 Å². The number of rotatable bonds is 4. The second-order valence-corrected chi connectivity index (χ2v) is 2.94. The largest absolute Gasteiger partial charge is 0.492 e. The third-order valence-electron chi connectivity index (χ3n) is 1.62. The summed E-state index contributed by atoms with van der Waals surface area (Å²) in [5, 5.41) is 8.62. The molecule has 0 heterocycles. The molecule has 5 heteroatoms. The number of aliphatic hydroxyl groups excluding tert-OH is 1. The molecule has 0 spiro atoms. The van der Waals surface area contributed by atoms with Crippen LogP contribution in [0.4, 0.5) is 8.78 Å². The molecule has 0 unspecified atom stereocenters. The van der Waals surface area contributed by atoms with Crippen LogP contribution in [0.15, 0.2) is 12.1 Å². The molecule has 0 saturated carbocycles. The molecule has 0 aliphatic carbocycles. The van der Waals surface area contributed by atoms with Crippen molar-refractivity contribution in [2.75, 3.05) is 12.5 Å². The van der Waals surface area contributed by atoms with Gasteiger partial charge >= 0.3 is 0 Å². The third kappa shape index (κ3) is 2.56. The summed E-state index contributed by atoms with van der Waals surface area (Å²) in [6.07, 6.45) is 0. The lowest BCUT2D eigenvalue weighted by molar-refractivity contribution is 0.267. The normalized spacial score (nSPS) is 10.3. The number of alkyl halides is 1. The quantitative estimate of drug-likeness (QED) is 0.791. The first kappa shape index (κ1) is 11.2. The van der Waals surface area contributed by atoms with Gasteiger partial charge in [-0.2, -0.15) is 0 Å². The Morgan fingerprint density at radius 3 is 2.29 bits per heavy atom. The molecular formula is C9H9ClF2O2. The first-order chi connectivity index (χ1) is 6.69. The van der Waals surface area contributed by atoms with Gasteiger partial charge in [0, 0.05) is 17.7 Å². The summed E-state index contributed by atoms with van der Waals surface area (Å²) in [5.41, 5.74) is -0.358. The standard InChI is InChI=1S/C9H9ClF2O2/c10-1-2-14-6-3-8(11)7(5-13)9(12)4-6/h3-4,13H,1-2,5H2. The topological polar surface area (TPSA) is 29.5 Å². The highest BCUT2D eigenvalue weighted by molar-refractivity contribution is 6.17. The fraction of sp³-hybridized carbons (Fsp3) is 0.333. The Labute approximate surface area is 85.1 Å². The van der Waals surface area contributed by atoms with E-state index in [0.717, 1.165) is 12.1 Å². The van der Waals surface area contributed by atoms with E-state index < -0.39 is 18.2 Å². The minimum atomic E-state index is -0.822. The monoisotopic (exact) mass is 222 g/mol. The van der Waals surface area contributed by atoms with Crippen molar-refractivity contribution in [2.24, 2.45) is 0 Å². The summed E-state index contributed by atoms with van der Waals surface area (Å²) in [5.74, 6) is -1.34. The number of halogens is 3. The average Bonchev–Trinajstić information content (AvgIpc) is 2.14. The van der Waals surface area contributed by atoms with Gasteiger partial charge in [0.1, 0.15) is 24.0 Å². The van der Waals surface area contributed by atoms with Crippen LogP contribution >= 0.6 is 11.6 Å². The van der Waals surface area contributed by atoms with Crippen LogP contribution < -0.4 is 4.74 Å². The van der Waals surface area contributed by atoms with Crippen LogP contribution in [0, 0.1) is 11.6 Å². The van der Waals surface area contributed by atoms with Crippen LogP contribution in [-0.4, -0.2) is 17.6 Å². The number of hydrogen-bond acceptors (Lipinski definition) is 2. The van der Waals surface area contributed by atoms with Crippen LogP contribution in [0.1, 0.15) is 5.56 Å². The van der Waals surface area contributed by atoms with E-state index in [1.165, 1.54) is 0 Å². The average molecular weight is 223 g/mol. The molecule has 0 bridgehead atoms. The summed E-state index contributed by atoms with van der Waals surface area (Å²) in [7, 11) is 0. The minimum absolute atomic E-state index is 0.0675. The first-order valence-electron chi connectivity index (χ1n) is 3.96. The molecule has 0 atom stereocenters. The molecule has 1 aromatic carbocycles. The first-order valence-corrected chi connectivity index (χ1v) is 4.50. The molecule has 1 N–H and O–H groups in total. The van der Waals surface area contributed by atoms with Crippen molar-refractivity contribution in [3.05, 3.63) is 29.3 Å². The zero-order valence-corrected chi connectivity index (χ0v) is 8.02. The second-order valence-electron chi connectivity index (χ2n) is 2.56. The van der Waals surface area contributed by atoms with Gasteiger partial charge in [-0.3, -0.25) is 0 Å². The van der Waals surface area contributed by atoms with Gasteiger partial charge in [0.15, 0.2) is 0 Å². The third-order valence-corrected chi connectivity index (χ3v) is 1.77. The van der Waals surface area contributed by atoms with Crippen molar-refractivity contribution in [1.82, 2.24) is 0 Å². The second kappa shape index (κ2) is 5.12. The zero-order chi connectivity index (χ0) is 10.6. The molecule has 0 aromatic heterocycles. The van der Waals surface area contributed by atoms with E-state index in [-0.39, 0.29) is 23.8 Å². The highest BCUT2D eigenvalue weighted by Gasteiger charge is 2.10. The van der Waals surface area contributed by atoms with Gasteiger partial charge in [0.25, 0.3) is 0 Å². The Bertz CT molecular complexity index is 295. The predicted molar refractivity (Wildman–Crippen MR) is 48.5 cm³/mol. The smallest absolute Gasteiger partial charge is 0.135 e. The van der Waals surface area contributed by atoms with Crippen molar-refractivity contribution in [1.29, 1.82) is 0 Å². The lowest BCUT2D eigenvalue weighted by Crippen LogP contribution is -2.01. The molecule has 2 nitrogen and oxygen atoms in total. The molecule has 0 amide bonds. The van der Waals surface area contributed by atoms with Crippen LogP contribution in [0.2, 0.25) is 0 Å². The number of hydrogen-bond donors (Lipinski definition) is 1. The Morgan fingerprint density at radius 2 is 1.86 bits per heavy atom. The SMILES string of the molecule is OCc1c(F)cc(OCCCl)cc1F. The molecule has 0 fully saturated rings. The fourth-order valence-electron chi connectivity index (χ4n) is 0.971. The summed E-state index contributed by atoms with van der Waals surface area (Å²) >= 11 is 5.34. The van der Waals surface area contributed by atoms with E-state index in [9.17, 15) is 8.78 Å². The Kier molecular flexibility index (Phi) is 4.10. The predicted octanol–water partition coefficient (Wildman–Crippen LogP) is 2.07. The van der Waals surface area contributed by atoms with E-state index in [1.54, 1.807) is 0 Å². The van der Waals surface area contributed by atoms with E-state index in [0.29, 0.717) is 0 Å². The molecule has 14 heavy (non-hydrogen) atoms. The van der Waals surface area contributed by atoms with Crippen molar-refractivity contribution in [3.63, 3.8) is 0 Å². The lowest BCUT2D eigenvalue weighted by atomic mass is 10.2. The van der Waals surface area contributed by atoms with Gasteiger partial charge in [-0.15, -0.1) is 11.6 Å². The molecule has 0 aliphatic rings. The van der Waals surface area contributed by atoms with E-state index in [2.05, 4.69) is 0 Å². The zero-order valence-electron chi connectivity index (χ0n) is 7.27. The summed E-state index contributed by atoms with van der Waals surface area (Å²) in [6, 6.07) is 2.03. The van der Waals surface area contributed by atoms with E-state index >= 15 is 0 Å². The highest BCUT2D eigenvalue weighted by Crippen LogP contribution is 2.20. The summed E-state index contributed by atoms with van der Waals surface area (Å²) in [6.45, 7) is -0.494. The molecule has 1 aromatic rings. The molecule has 78 valence electrons. The number of benzene rings is 1. The fourth-order valence-corrected chi connectivity index (χ4v) is 1.05. The van der Waals surface area contributed by atoms with Crippen LogP contribution in [0.5, 0.6) is 5.75 Å². The maximum absolute atomic E-state index is 13.0.